The lowest BCUT2D eigenvalue weighted by molar-refractivity contribution is 0.174. The van der Waals surface area contributed by atoms with Crippen LogP contribution in [0.3, 0.4) is 0 Å². The Morgan fingerprint density at radius 2 is 2.20 bits per heavy atom. The van der Waals surface area contributed by atoms with Gasteiger partial charge in [-0.05, 0) is 6.07 Å². The maximum atomic E-state index is 9.94. The van der Waals surface area contributed by atoms with Gasteiger partial charge >= 0.3 is 0 Å². The molecule has 1 aliphatic rings. The van der Waals surface area contributed by atoms with E-state index in [1.807, 2.05) is 17.6 Å². The highest BCUT2D eigenvalue weighted by Gasteiger charge is 2.17. The van der Waals surface area contributed by atoms with Crippen LogP contribution in [-0.2, 0) is 6.54 Å². The second-order valence-electron chi connectivity index (χ2n) is 4.74. The summed E-state index contributed by atoms with van der Waals surface area (Å²) in [6.07, 6.45) is 1.82. The van der Waals surface area contributed by atoms with E-state index in [1.165, 1.54) is 0 Å². The topological polar surface area (TPSA) is 63.6 Å². The first-order valence-corrected chi connectivity index (χ1v) is 7.33. The molecule has 2 N–H and O–H groups in total. The molecule has 6 heteroatoms. The molecule has 0 fully saturated rings. The third kappa shape index (κ3) is 2.71. The average Bonchev–Trinajstić information content (AvgIpc) is 3.08. The van der Waals surface area contributed by atoms with Crippen molar-refractivity contribution >= 4 is 11.3 Å². The molecule has 0 saturated carbocycles. The second kappa shape index (κ2) is 5.68. The van der Waals surface area contributed by atoms with Gasteiger partial charge in [-0.15, -0.1) is 11.3 Å². The summed E-state index contributed by atoms with van der Waals surface area (Å²) in [5, 5.41) is 16.4. The molecule has 1 aromatic heterocycles. The summed E-state index contributed by atoms with van der Waals surface area (Å²) in [6, 6.07) is 3.42. The summed E-state index contributed by atoms with van der Waals surface area (Å²) in [5.74, 6) is 1.87. The Morgan fingerprint density at radius 1 is 1.40 bits per heavy atom. The quantitative estimate of drug-likeness (QED) is 0.886. The lowest BCUT2D eigenvalue weighted by atomic mass is 10.1. The largest absolute Gasteiger partial charge is 0.507 e. The Kier molecular flexibility index (Phi) is 3.75. The highest BCUT2D eigenvalue weighted by molar-refractivity contribution is 7.09. The van der Waals surface area contributed by atoms with Crippen LogP contribution >= 0.6 is 11.3 Å². The van der Waals surface area contributed by atoms with E-state index >= 15 is 0 Å². The number of nitrogens with one attached hydrogen (secondary N) is 1. The number of phenolic OH excluding ortho intramolecular Hbond substituents is 1. The molecular weight excluding hydrogens is 276 g/mol. The number of ether oxygens (including phenoxy) is 2. The molecule has 2 aromatic rings. The van der Waals surface area contributed by atoms with E-state index in [0.29, 0.717) is 24.0 Å². The zero-order valence-corrected chi connectivity index (χ0v) is 11.9. The van der Waals surface area contributed by atoms with Gasteiger partial charge in [-0.25, -0.2) is 4.98 Å². The molecule has 1 aromatic carbocycles. The van der Waals surface area contributed by atoms with Crippen LogP contribution in [-0.4, -0.2) is 23.4 Å². The monoisotopic (exact) mass is 292 g/mol. The van der Waals surface area contributed by atoms with Gasteiger partial charge in [0.2, 0.25) is 6.79 Å². The van der Waals surface area contributed by atoms with Crippen LogP contribution in [0.4, 0.5) is 0 Å². The van der Waals surface area contributed by atoms with Gasteiger partial charge in [0, 0.05) is 42.2 Å². The predicted molar refractivity (Wildman–Crippen MR) is 76.5 cm³/mol. The van der Waals surface area contributed by atoms with Gasteiger partial charge in [0.25, 0.3) is 0 Å². The fourth-order valence-corrected chi connectivity index (χ4v) is 2.80. The Hall–Kier alpha value is -1.79. The van der Waals surface area contributed by atoms with Gasteiger partial charge in [-0.2, -0.15) is 0 Å². The smallest absolute Gasteiger partial charge is 0.231 e. The summed E-state index contributed by atoms with van der Waals surface area (Å²) in [6.45, 7) is 3.73. The standard InChI is InChI=1S/C14H16N2O3S/c1-9(14-16-2-3-20-14)6-15-7-10-4-12-13(5-11(10)17)19-8-18-12/h2-5,9,15,17H,6-8H2,1H3. The molecule has 0 radical (unpaired) electrons. The number of phenols is 1. The minimum absolute atomic E-state index is 0.215. The van der Waals surface area contributed by atoms with Crippen molar-refractivity contribution in [2.45, 2.75) is 19.4 Å². The van der Waals surface area contributed by atoms with Crippen LogP contribution in [0.15, 0.2) is 23.7 Å². The molecule has 0 saturated heterocycles. The van der Waals surface area contributed by atoms with Crippen LogP contribution in [0, 0.1) is 0 Å². The fraction of sp³-hybridized carbons (Fsp3) is 0.357. The minimum Gasteiger partial charge on any atom is -0.507 e. The van der Waals surface area contributed by atoms with E-state index in [1.54, 1.807) is 17.4 Å². The van der Waals surface area contributed by atoms with Crippen molar-refractivity contribution in [3.05, 3.63) is 34.3 Å². The highest BCUT2D eigenvalue weighted by Crippen LogP contribution is 2.37. The van der Waals surface area contributed by atoms with E-state index in [2.05, 4.69) is 17.2 Å². The van der Waals surface area contributed by atoms with Crippen LogP contribution < -0.4 is 14.8 Å². The third-order valence-corrected chi connectivity index (χ3v) is 4.22. The SMILES string of the molecule is CC(CNCc1cc2c(cc1O)OCO2)c1nccs1. The van der Waals surface area contributed by atoms with Crippen molar-refractivity contribution in [2.75, 3.05) is 13.3 Å². The molecule has 5 nitrogen and oxygen atoms in total. The van der Waals surface area contributed by atoms with Gasteiger partial charge in [0.1, 0.15) is 5.75 Å². The summed E-state index contributed by atoms with van der Waals surface area (Å²) in [7, 11) is 0. The Balaban J connectivity index is 1.59. The number of aromatic nitrogens is 1. The van der Waals surface area contributed by atoms with Crippen molar-refractivity contribution < 1.29 is 14.6 Å². The zero-order chi connectivity index (χ0) is 13.9. The molecule has 1 aliphatic heterocycles. The van der Waals surface area contributed by atoms with Crippen LogP contribution in [0.5, 0.6) is 17.2 Å². The van der Waals surface area contributed by atoms with Gasteiger partial charge in [-0.1, -0.05) is 6.92 Å². The molecule has 20 heavy (non-hydrogen) atoms. The number of hydrogen-bond acceptors (Lipinski definition) is 6. The molecule has 0 amide bonds. The molecular formula is C14H16N2O3S. The first-order valence-electron chi connectivity index (χ1n) is 6.45. The molecule has 1 atom stereocenters. The van der Waals surface area contributed by atoms with Gasteiger partial charge < -0.3 is 19.9 Å². The predicted octanol–water partition coefficient (Wildman–Crippen LogP) is 2.47. The zero-order valence-electron chi connectivity index (χ0n) is 11.1. The van der Waals surface area contributed by atoms with Crippen molar-refractivity contribution in [3.63, 3.8) is 0 Å². The normalized spacial score (nSPS) is 14.4. The summed E-state index contributed by atoms with van der Waals surface area (Å²) >= 11 is 1.66. The number of nitrogens with zero attached hydrogens (tertiary/aromatic N) is 1. The lowest BCUT2D eigenvalue weighted by Crippen LogP contribution is -2.19. The van der Waals surface area contributed by atoms with Gasteiger partial charge in [0.05, 0.1) is 5.01 Å². The summed E-state index contributed by atoms with van der Waals surface area (Å²) < 4.78 is 10.5. The van der Waals surface area contributed by atoms with Crippen LogP contribution in [0.2, 0.25) is 0 Å². The lowest BCUT2D eigenvalue weighted by Gasteiger charge is -2.11. The summed E-state index contributed by atoms with van der Waals surface area (Å²) in [4.78, 5) is 4.30. The van der Waals surface area contributed by atoms with E-state index < -0.39 is 0 Å². The Labute approximate surface area is 121 Å². The average molecular weight is 292 g/mol. The molecule has 0 aliphatic carbocycles. The number of aromatic hydroxyl groups is 1. The maximum absolute atomic E-state index is 9.94. The van der Waals surface area contributed by atoms with Crippen LogP contribution in [0.1, 0.15) is 23.4 Å². The van der Waals surface area contributed by atoms with Gasteiger partial charge in [-0.3, -0.25) is 0 Å². The minimum atomic E-state index is 0.215. The third-order valence-electron chi connectivity index (χ3n) is 3.21. The van der Waals surface area contributed by atoms with Gasteiger partial charge in [0.15, 0.2) is 11.5 Å². The van der Waals surface area contributed by atoms with Crippen molar-refractivity contribution in [2.24, 2.45) is 0 Å². The Morgan fingerprint density at radius 3 is 2.95 bits per heavy atom. The van der Waals surface area contributed by atoms with Crippen LogP contribution in [0.25, 0.3) is 0 Å². The molecule has 1 unspecified atom stereocenters. The van der Waals surface area contributed by atoms with E-state index in [4.69, 9.17) is 9.47 Å². The number of thiazole rings is 1. The van der Waals surface area contributed by atoms with E-state index in [-0.39, 0.29) is 12.5 Å². The molecule has 2 heterocycles. The first kappa shape index (κ1) is 13.2. The van der Waals surface area contributed by atoms with E-state index in [0.717, 1.165) is 17.1 Å². The number of hydrogen-bond donors (Lipinski definition) is 2. The van der Waals surface area contributed by atoms with E-state index in [9.17, 15) is 5.11 Å². The maximum Gasteiger partial charge on any atom is 0.231 e. The number of rotatable bonds is 5. The highest BCUT2D eigenvalue weighted by atomic mass is 32.1. The first-order chi connectivity index (χ1) is 9.74. The number of fused-ring (bicyclic) bond motifs is 1. The molecule has 106 valence electrons. The molecule has 0 spiro atoms. The van der Waals surface area contributed by atoms with Crippen molar-refractivity contribution in [1.29, 1.82) is 0 Å². The number of benzene rings is 1. The fourth-order valence-electron chi connectivity index (χ4n) is 2.10. The molecule has 0 bridgehead atoms. The molecule has 3 rings (SSSR count). The van der Waals surface area contributed by atoms with Crippen molar-refractivity contribution in [3.8, 4) is 17.2 Å². The van der Waals surface area contributed by atoms with Crippen molar-refractivity contribution in [1.82, 2.24) is 10.3 Å². The Bertz CT molecular complexity index is 586. The second-order valence-corrected chi connectivity index (χ2v) is 5.66. The summed E-state index contributed by atoms with van der Waals surface area (Å²) in [5.41, 5.74) is 0.806.